The number of hydrogen-bond acceptors (Lipinski definition) is 4. The van der Waals surface area contributed by atoms with Crippen LogP contribution >= 0.6 is 0 Å². The molecule has 1 heterocycles. The van der Waals surface area contributed by atoms with Crippen LogP contribution in [0.5, 0.6) is 0 Å². The number of ether oxygens (including phenoxy) is 2. The minimum absolute atomic E-state index is 0.258. The zero-order valence-electron chi connectivity index (χ0n) is 10.6. The van der Waals surface area contributed by atoms with Crippen molar-refractivity contribution >= 4 is 11.9 Å². The molecular weight excluding hydrogens is 246 g/mol. The molecule has 1 fully saturated rings. The number of carbonyl (C=O) groups is 2. The molecule has 0 unspecified atom stereocenters. The van der Waals surface area contributed by atoms with Crippen LogP contribution in [0, 0.1) is 0 Å². The highest BCUT2D eigenvalue weighted by Gasteiger charge is 2.25. The van der Waals surface area contributed by atoms with Crippen molar-refractivity contribution in [2.45, 2.75) is 25.5 Å². The number of rotatable bonds is 5. The third kappa shape index (κ3) is 4.37. The summed E-state index contributed by atoms with van der Waals surface area (Å²) in [5.74, 6) is -0.762. The smallest absolute Gasteiger partial charge is 0.335 e. The van der Waals surface area contributed by atoms with Gasteiger partial charge >= 0.3 is 5.97 Å². The van der Waals surface area contributed by atoms with Crippen LogP contribution in [0.2, 0.25) is 0 Å². The number of hydrogen-bond donors (Lipinski definition) is 1. The van der Waals surface area contributed by atoms with Crippen molar-refractivity contribution in [3.05, 3.63) is 35.9 Å². The van der Waals surface area contributed by atoms with Crippen LogP contribution < -0.4 is 5.32 Å². The summed E-state index contributed by atoms with van der Waals surface area (Å²) in [5.41, 5.74) is 1.00. The van der Waals surface area contributed by atoms with Crippen molar-refractivity contribution < 1.29 is 19.1 Å². The predicted molar refractivity (Wildman–Crippen MR) is 68.2 cm³/mol. The normalized spacial score (nSPS) is 18.0. The highest BCUT2D eigenvalue weighted by atomic mass is 16.6. The van der Waals surface area contributed by atoms with Crippen LogP contribution in [0.15, 0.2) is 30.3 Å². The number of amides is 1. The molecule has 1 N–H and O–H groups in total. The Kier molecular flexibility index (Phi) is 4.92. The van der Waals surface area contributed by atoms with Crippen molar-refractivity contribution in [1.82, 2.24) is 5.32 Å². The Morgan fingerprint density at radius 3 is 2.79 bits per heavy atom. The summed E-state index contributed by atoms with van der Waals surface area (Å²) in [6.07, 6.45) is 1.03. The van der Waals surface area contributed by atoms with E-state index < -0.39 is 12.1 Å². The third-order valence-electron chi connectivity index (χ3n) is 2.87. The molecule has 5 nitrogen and oxygen atoms in total. The fraction of sp³-hybridized carbons (Fsp3) is 0.429. The summed E-state index contributed by atoms with van der Waals surface area (Å²) in [4.78, 5) is 23.0. The van der Waals surface area contributed by atoms with E-state index in [1.165, 1.54) is 0 Å². The molecule has 1 aliphatic rings. The molecule has 0 bridgehead atoms. The molecular formula is C14H17NO4. The van der Waals surface area contributed by atoms with Gasteiger partial charge in [-0.3, -0.25) is 4.79 Å². The molecule has 1 aromatic carbocycles. The standard InChI is InChI=1S/C14H17NO4/c16-13(15-9-11-5-2-1-3-6-11)10-19-14(17)12-7-4-8-18-12/h1-3,5-6,12H,4,7-10H2,(H,15,16)/t12-/m1/s1. The van der Waals surface area contributed by atoms with E-state index in [9.17, 15) is 9.59 Å². The molecule has 5 heteroatoms. The molecule has 1 saturated heterocycles. The minimum atomic E-state index is -0.498. The highest BCUT2D eigenvalue weighted by molar-refractivity contribution is 5.82. The van der Waals surface area contributed by atoms with Gasteiger partial charge in [-0.1, -0.05) is 30.3 Å². The Balaban J connectivity index is 1.65. The van der Waals surface area contributed by atoms with Crippen LogP contribution in [0.4, 0.5) is 0 Å². The molecule has 0 spiro atoms. The first kappa shape index (κ1) is 13.5. The Labute approximate surface area is 111 Å². The number of esters is 1. The van der Waals surface area contributed by atoms with Crippen LogP contribution in [-0.4, -0.2) is 31.2 Å². The van der Waals surface area contributed by atoms with E-state index in [-0.39, 0.29) is 12.5 Å². The molecule has 1 aromatic rings. The van der Waals surface area contributed by atoms with Crippen LogP contribution in [-0.2, 0) is 25.6 Å². The maximum atomic E-state index is 11.5. The van der Waals surface area contributed by atoms with E-state index in [0.29, 0.717) is 19.6 Å². The molecule has 0 aromatic heterocycles. The van der Waals surface area contributed by atoms with Crippen molar-refractivity contribution in [2.75, 3.05) is 13.2 Å². The van der Waals surface area contributed by atoms with E-state index in [4.69, 9.17) is 9.47 Å². The first-order valence-electron chi connectivity index (χ1n) is 6.34. The van der Waals surface area contributed by atoms with Crippen molar-refractivity contribution in [3.63, 3.8) is 0 Å². The molecule has 1 atom stereocenters. The lowest BCUT2D eigenvalue weighted by Crippen LogP contribution is -2.31. The zero-order valence-corrected chi connectivity index (χ0v) is 10.6. The monoisotopic (exact) mass is 263 g/mol. The van der Waals surface area contributed by atoms with Gasteiger partial charge in [-0.15, -0.1) is 0 Å². The Hall–Kier alpha value is -1.88. The summed E-state index contributed by atoms with van der Waals surface area (Å²) < 4.78 is 10.1. The molecule has 19 heavy (non-hydrogen) atoms. The van der Waals surface area contributed by atoms with Gasteiger partial charge in [0.1, 0.15) is 0 Å². The average molecular weight is 263 g/mol. The largest absolute Gasteiger partial charge is 0.454 e. The van der Waals surface area contributed by atoms with E-state index >= 15 is 0 Å². The zero-order chi connectivity index (χ0) is 13.5. The van der Waals surface area contributed by atoms with Gasteiger partial charge < -0.3 is 14.8 Å². The Bertz CT molecular complexity index is 426. The third-order valence-corrected chi connectivity index (χ3v) is 2.87. The summed E-state index contributed by atoms with van der Waals surface area (Å²) in [6.45, 7) is 0.753. The quantitative estimate of drug-likeness (QED) is 0.806. The van der Waals surface area contributed by atoms with Crippen LogP contribution in [0.3, 0.4) is 0 Å². The molecule has 0 radical (unpaired) electrons. The maximum absolute atomic E-state index is 11.5. The van der Waals surface area contributed by atoms with Gasteiger partial charge in [0.05, 0.1) is 0 Å². The van der Waals surface area contributed by atoms with Crippen LogP contribution in [0.1, 0.15) is 18.4 Å². The van der Waals surface area contributed by atoms with Gasteiger partial charge in [-0.2, -0.15) is 0 Å². The number of benzene rings is 1. The molecule has 1 aliphatic heterocycles. The number of nitrogens with one attached hydrogen (secondary N) is 1. The first-order valence-corrected chi connectivity index (χ1v) is 6.34. The highest BCUT2D eigenvalue weighted by Crippen LogP contribution is 2.13. The van der Waals surface area contributed by atoms with Gasteiger partial charge in [0.25, 0.3) is 5.91 Å². The predicted octanol–water partition coefficient (Wildman–Crippen LogP) is 1.02. The number of carbonyl (C=O) groups excluding carboxylic acids is 2. The first-order chi connectivity index (χ1) is 9.25. The minimum Gasteiger partial charge on any atom is -0.454 e. The van der Waals surface area contributed by atoms with Crippen LogP contribution in [0.25, 0.3) is 0 Å². The van der Waals surface area contributed by atoms with Gasteiger partial charge in [0, 0.05) is 13.2 Å². The molecule has 1 amide bonds. The molecule has 102 valence electrons. The van der Waals surface area contributed by atoms with Crippen molar-refractivity contribution in [3.8, 4) is 0 Å². The molecule has 2 rings (SSSR count). The van der Waals surface area contributed by atoms with E-state index in [1.807, 2.05) is 30.3 Å². The Morgan fingerprint density at radius 2 is 2.11 bits per heavy atom. The van der Waals surface area contributed by atoms with Gasteiger partial charge in [0.15, 0.2) is 12.7 Å². The summed E-state index contributed by atoms with van der Waals surface area (Å²) in [5, 5.41) is 2.69. The van der Waals surface area contributed by atoms with Crippen molar-refractivity contribution in [1.29, 1.82) is 0 Å². The van der Waals surface area contributed by atoms with E-state index in [2.05, 4.69) is 5.32 Å². The second kappa shape index (κ2) is 6.89. The van der Waals surface area contributed by atoms with Crippen molar-refractivity contribution in [2.24, 2.45) is 0 Å². The fourth-order valence-electron chi connectivity index (χ4n) is 1.84. The van der Waals surface area contributed by atoms with Gasteiger partial charge in [0.2, 0.25) is 0 Å². The van der Waals surface area contributed by atoms with Gasteiger partial charge in [-0.05, 0) is 18.4 Å². The second-order valence-electron chi connectivity index (χ2n) is 4.37. The Morgan fingerprint density at radius 1 is 1.32 bits per heavy atom. The van der Waals surface area contributed by atoms with E-state index in [0.717, 1.165) is 12.0 Å². The SMILES string of the molecule is O=C(COC(=O)[C@H]1CCCO1)NCc1ccccc1. The summed E-state index contributed by atoms with van der Waals surface area (Å²) in [7, 11) is 0. The lowest BCUT2D eigenvalue weighted by Gasteiger charge is -2.09. The fourth-order valence-corrected chi connectivity index (χ4v) is 1.84. The maximum Gasteiger partial charge on any atom is 0.335 e. The molecule has 0 aliphatic carbocycles. The lowest BCUT2D eigenvalue weighted by atomic mass is 10.2. The summed E-state index contributed by atoms with van der Waals surface area (Å²) >= 11 is 0. The lowest BCUT2D eigenvalue weighted by molar-refractivity contribution is -0.157. The second-order valence-corrected chi connectivity index (χ2v) is 4.37. The topological polar surface area (TPSA) is 64.6 Å². The average Bonchev–Trinajstić information content (AvgIpc) is 2.98. The summed E-state index contributed by atoms with van der Waals surface area (Å²) in [6, 6.07) is 9.55. The van der Waals surface area contributed by atoms with Gasteiger partial charge in [-0.25, -0.2) is 4.79 Å². The van der Waals surface area contributed by atoms with E-state index in [1.54, 1.807) is 0 Å². The molecule has 0 saturated carbocycles.